The van der Waals surface area contributed by atoms with Crippen LogP contribution in [0.15, 0.2) is 24.3 Å². The monoisotopic (exact) mass is 205 g/mol. The van der Waals surface area contributed by atoms with E-state index in [4.69, 9.17) is 11.6 Å². The highest BCUT2D eigenvalue weighted by molar-refractivity contribution is 6.30. The van der Waals surface area contributed by atoms with Crippen LogP contribution in [-0.4, -0.2) is 14.1 Å². The lowest BCUT2D eigenvalue weighted by Gasteiger charge is -2.06. The SMILES string of the molecule is C[NH+](C)Cc1cccc(Cl)c1.[Cl-]. The second-order valence-electron chi connectivity index (χ2n) is 3.01. The Labute approximate surface area is 84.7 Å². The van der Waals surface area contributed by atoms with E-state index in [1.165, 1.54) is 10.5 Å². The van der Waals surface area contributed by atoms with Gasteiger partial charge < -0.3 is 17.3 Å². The number of nitrogens with one attached hydrogen (secondary N) is 1. The summed E-state index contributed by atoms with van der Waals surface area (Å²) in [6, 6.07) is 7.99. The highest BCUT2D eigenvalue weighted by Gasteiger charge is 1.97. The van der Waals surface area contributed by atoms with Gasteiger partial charge in [0.05, 0.1) is 14.1 Å². The molecule has 0 bridgehead atoms. The van der Waals surface area contributed by atoms with Gasteiger partial charge in [-0.15, -0.1) is 0 Å². The molecule has 0 aliphatic heterocycles. The van der Waals surface area contributed by atoms with E-state index >= 15 is 0 Å². The Morgan fingerprint density at radius 1 is 1.33 bits per heavy atom. The third-order valence-corrected chi connectivity index (χ3v) is 1.68. The lowest BCUT2D eigenvalue weighted by Crippen LogP contribution is -3.04. The molecular formula is C9H13Cl2N. The second kappa shape index (κ2) is 5.41. The number of rotatable bonds is 2. The molecule has 1 rings (SSSR count). The topological polar surface area (TPSA) is 4.44 Å². The van der Waals surface area contributed by atoms with Crippen molar-refractivity contribution in [2.24, 2.45) is 0 Å². The molecule has 0 aliphatic rings. The molecule has 0 aliphatic carbocycles. The van der Waals surface area contributed by atoms with E-state index in [2.05, 4.69) is 20.2 Å². The Bertz CT molecular complexity index is 236. The fourth-order valence-corrected chi connectivity index (χ4v) is 1.27. The average Bonchev–Trinajstić information content (AvgIpc) is 1.85. The van der Waals surface area contributed by atoms with Crippen molar-refractivity contribution in [1.82, 2.24) is 0 Å². The van der Waals surface area contributed by atoms with Crippen LogP contribution in [0.1, 0.15) is 5.56 Å². The quantitative estimate of drug-likeness (QED) is 0.570. The fourth-order valence-electron chi connectivity index (χ4n) is 1.06. The predicted molar refractivity (Wildman–Crippen MR) is 48.0 cm³/mol. The molecule has 1 N–H and O–H groups in total. The van der Waals surface area contributed by atoms with Crippen LogP contribution < -0.4 is 17.3 Å². The van der Waals surface area contributed by atoms with Crippen molar-refractivity contribution in [3.8, 4) is 0 Å². The van der Waals surface area contributed by atoms with Crippen molar-refractivity contribution in [3.05, 3.63) is 34.9 Å². The van der Waals surface area contributed by atoms with E-state index in [0.29, 0.717) is 0 Å². The van der Waals surface area contributed by atoms with Crippen molar-refractivity contribution in [1.29, 1.82) is 0 Å². The molecule has 0 aromatic heterocycles. The van der Waals surface area contributed by atoms with Gasteiger partial charge >= 0.3 is 0 Å². The minimum Gasteiger partial charge on any atom is -1.00 e. The van der Waals surface area contributed by atoms with Crippen LogP contribution in [0.4, 0.5) is 0 Å². The maximum absolute atomic E-state index is 5.82. The summed E-state index contributed by atoms with van der Waals surface area (Å²) in [5.41, 5.74) is 1.29. The van der Waals surface area contributed by atoms with Crippen molar-refractivity contribution >= 4 is 11.6 Å². The molecule has 0 heterocycles. The highest BCUT2D eigenvalue weighted by atomic mass is 35.5. The van der Waals surface area contributed by atoms with Crippen LogP contribution in [-0.2, 0) is 6.54 Å². The Morgan fingerprint density at radius 2 is 2.00 bits per heavy atom. The van der Waals surface area contributed by atoms with Gasteiger partial charge in [-0.2, -0.15) is 0 Å². The van der Waals surface area contributed by atoms with E-state index in [-0.39, 0.29) is 12.4 Å². The summed E-state index contributed by atoms with van der Waals surface area (Å²) >= 11 is 5.82. The average molecular weight is 206 g/mol. The number of hydrogen-bond donors (Lipinski definition) is 1. The molecule has 0 spiro atoms. The molecule has 0 unspecified atom stereocenters. The molecule has 0 saturated heterocycles. The van der Waals surface area contributed by atoms with E-state index < -0.39 is 0 Å². The van der Waals surface area contributed by atoms with Gasteiger partial charge in [0.2, 0.25) is 0 Å². The van der Waals surface area contributed by atoms with E-state index in [1.54, 1.807) is 0 Å². The van der Waals surface area contributed by atoms with Crippen LogP contribution in [0.25, 0.3) is 0 Å². The number of hydrogen-bond acceptors (Lipinski definition) is 0. The van der Waals surface area contributed by atoms with Gasteiger partial charge in [-0.1, -0.05) is 23.7 Å². The third kappa shape index (κ3) is 3.96. The van der Waals surface area contributed by atoms with Crippen LogP contribution in [0.2, 0.25) is 5.02 Å². The summed E-state index contributed by atoms with van der Waals surface area (Å²) in [6.45, 7) is 1.03. The summed E-state index contributed by atoms with van der Waals surface area (Å²) in [5.74, 6) is 0. The normalized spacial score (nSPS) is 9.67. The molecule has 0 radical (unpaired) electrons. The van der Waals surface area contributed by atoms with Gasteiger partial charge in [-0.3, -0.25) is 0 Å². The Balaban J connectivity index is 0.00000121. The summed E-state index contributed by atoms with van der Waals surface area (Å²) in [5, 5.41) is 0.823. The zero-order chi connectivity index (χ0) is 8.27. The largest absolute Gasteiger partial charge is 1.00 e. The number of halogens is 2. The first-order valence-electron chi connectivity index (χ1n) is 3.72. The maximum atomic E-state index is 5.82. The maximum Gasteiger partial charge on any atom is 0.102 e. The summed E-state index contributed by atoms with van der Waals surface area (Å²) < 4.78 is 0. The van der Waals surface area contributed by atoms with Gasteiger partial charge in [0, 0.05) is 10.6 Å². The van der Waals surface area contributed by atoms with E-state index in [1.807, 2.05) is 18.2 Å². The molecule has 0 atom stereocenters. The number of benzene rings is 1. The molecule has 0 amide bonds. The fraction of sp³-hybridized carbons (Fsp3) is 0.333. The van der Waals surface area contributed by atoms with Crippen LogP contribution >= 0.6 is 11.6 Å². The highest BCUT2D eigenvalue weighted by Crippen LogP contribution is 2.09. The molecule has 3 heteroatoms. The Kier molecular flexibility index (Phi) is 5.31. The second-order valence-corrected chi connectivity index (χ2v) is 3.45. The minimum absolute atomic E-state index is 0. The molecule has 1 nitrogen and oxygen atoms in total. The van der Waals surface area contributed by atoms with Crippen LogP contribution in [0.3, 0.4) is 0 Å². The van der Waals surface area contributed by atoms with E-state index in [9.17, 15) is 0 Å². The number of quaternary nitrogens is 1. The van der Waals surface area contributed by atoms with Gasteiger partial charge in [0.1, 0.15) is 6.54 Å². The van der Waals surface area contributed by atoms with Crippen molar-refractivity contribution in [2.75, 3.05) is 14.1 Å². The van der Waals surface area contributed by atoms with Gasteiger partial charge in [0.25, 0.3) is 0 Å². The molecule has 1 aromatic rings. The van der Waals surface area contributed by atoms with Crippen LogP contribution in [0.5, 0.6) is 0 Å². The minimum atomic E-state index is 0. The summed E-state index contributed by atoms with van der Waals surface area (Å²) in [7, 11) is 4.25. The summed E-state index contributed by atoms with van der Waals surface area (Å²) in [6.07, 6.45) is 0. The molecule has 12 heavy (non-hydrogen) atoms. The summed E-state index contributed by atoms with van der Waals surface area (Å²) in [4.78, 5) is 1.41. The van der Waals surface area contributed by atoms with Crippen LogP contribution in [0, 0.1) is 0 Å². The zero-order valence-electron chi connectivity index (χ0n) is 7.27. The van der Waals surface area contributed by atoms with Gasteiger partial charge in [-0.25, -0.2) is 0 Å². The Morgan fingerprint density at radius 3 is 2.50 bits per heavy atom. The first-order valence-corrected chi connectivity index (χ1v) is 4.10. The first kappa shape index (κ1) is 11.8. The molecule has 0 saturated carbocycles. The van der Waals surface area contributed by atoms with Crippen molar-refractivity contribution in [3.63, 3.8) is 0 Å². The third-order valence-electron chi connectivity index (χ3n) is 1.45. The molecular weight excluding hydrogens is 193 g/mol. The van der Waals surface area contributed by atoms with Gasteiger partial charge in [-0.05, 0) is 12.1 Å². The predicted octanol–water partition coefficient (Wildman–Crippen LogP) is -2.01. The standard InChI is InChI=1S/C9H12ClN.ClH/c1-11(2)7-8-4-3-5-9(10)6-8;/h3-6H,7H2,1-2H3;1H. The smallest absolute Gasteiger partial charge is 0.102 e. The Hall–Kier alpha value is -0.240. The van der Waals surface area contributed by atoms with E-state index in [0.717, 1.165) is 11.6 Å². The lowest BCUT2D eigenvalue weighted by atomic mass is 10.2. The molecule has 1 aromatic carbocycles. The lowest BCUT2D eigenvalue weighted by molar-refractivity contribution is -0.872. The molecule has 68 valence electrons. The van der Waals surface area contributed by atoms with Gasteiger partial charge in [0.15, 0.2) is 0 Å². The van der Waals surface area contributed by atoms with Crippen molar-refractivity contribution < 1.29 is 17.3 Å². The zero-order valence-corrected chi connectivity index (χ0v) is 8.78. The first-order chi connectivity index (χ1) is 5.18. The van der Waals surface area contributed by atoms with Crippen molar-refractivity contribution in [2.45, 2.75) is 6.54 Å². The molecule has 0 fully saturated rings.